The summed E-state index contributed by atoms with van der Waals surface area (Å²) in [6, 6.07) is 13.0. The number of ether oxygens (including phenoxy) is 5. The van der Waals surface area contributed by atoms with Crippen molar-refractivity contribution in [1.82, 2.24) is 0 Å². The van der Waals surface area contributed by atoms with Gasteiger partial charge in [0.2, 0.25) is 0 Å². The van der Waals surface area contributed by atoms with Gasteiger partial charge in [-0.05, 0) is 24.1 Å². The van der Waals surface area contributed by atoms with E-state index in [0.717, 1.165) is 5.56 Å². The Balaban J connectivity index is 1.68. The van der Waals surface area contributed by atoms with Crippen molar-refractivity contribution in [2.75, 3.05) is 20.8 Å². The van der Waals surface area contributed by atoms with E-state index in [1.165, 1.54) is 14.2 Å². The van der Waals surface area contributed by atoms with E-state index in [0.29, 0.717) is 17.9 Å². The van der Waals surface area contributed by atoms with Crippen LogP contribution in [0.5, 0.6) is 11.5 Å². The van der Waals surface area contributed by atoms with Crippen LogP contribution in [0.3, 0.4) is 0 Å². The first-order chi connectivity index (χ1) is 15.3. The molecule has 0 amide bonds. The zero-order valence-corrected chi connectivity index (χ0v) is 18.1. The largest absolute Gasteiger partial charge is 0.496 e. The number of hydrogen-bond acceptors (Lipinski definition) is 9. The molecule has 1 aliphatic rings. The van der Waals surface area contributed by atoms with Gasteiger partial charge >= 0.3 is 5.97 Å². The molecule has 2 aromatic rings. The van der Waals surface area contributed by atoms with E-state index in [1.54, 1.807) is 19.1 Å². The molecule has 9 nitrogen and oxygen atoms in total. The summed E-state index contributed by atoms with van der Waals surface area (Å²) < 4.78 is 26.8. The molecule has 0 saturated carbocycles. The number of aliphatic hydroxyl groups is 3. The van der Waals surface area contributed by atoms with Gasteiger partial charge in [0.15, 0.2) is 6.29 Å². The maximum atomic E-state index is 12.8. The van der Waals surface area contributed by atoms with Crippen molar-refractivity contribution in [2.45, 2.75) is 44.2 Å². The summed E-state index contributed by atoms with van der Waals surface area (Å²) in [5, 5.41) is 29.9. The number of carbonyl (C=O) groups excluding carboxylic acids is 1. The Hall–Kier alpha value is -2.69. The molecule has 1 saturated heterocycles. The van der Waals surface area contributed by atoms with E-state index in [4.69, 9.17) is 23.7 Å². The maximum Gasteiger partial charge on any atom is 0.342 e. The Morgan fingerprint density at radius 1 is 1.03 bits per heavy atom. The lowest BCUT2D eigenvalue weighted by Crippen LogP contribution is -2.59. The van der Waals surface area contributed by atoms with Crippen molar-refractivity contribution in [3.05, 3.63) is 59.2 Å². The minimum atomic E-state index is -1.50. The van der Waals surface area contributed by atoms with Crippen LogP contribution in [0.25, 0.3) is 0 Å². The topological polar surface area (TPSA) is 124 Å². The van der Waals surface area contributed by atoms with Gasteiger partial charge in [-0.25, -0.2) is 4.79 Å². The SMILES string of the molecule is COc1cc(OCc2ccccc2)cc(C)c1C(=O)OC[C@H]1O[C@@H](OC)[C@H](O)[C@@H](O)[C@@H]1O. The number of methoxy groups -OCH3 is 2. The van der Waals surface area contributed by atoms with Crippen molar-refractivity contribution >= 4 is 5.97 Å². The van der Waals surface area contributed by atoms with E-state index < -0.39 is 36.7 Å². The zero-order chi connectivity index (χ0) is 23.3. The Bertz CT molecular complexity index is 900. The van der Waals surface area contributed by atoms with Crippen molar-refractivity contribution in [3.8, 4) is 11.5 Å². The predicted molar refractivity (Wildman–Crippen MR) is 112 cm³/mol. The second-order valence-electron chi connectivity index (χ2n) is 7.44. The molecule has 5 atom stereocenters. The number of carbonyl (C=O) groups is 1. The molecular weight excluding hydrogens is 420 g/mol. The van der Waals surface area contributed by atoms with Gasteiger partial charge in [-0.3, -0.25) is 0 Å². The highest BCUT2D eigenvalue weighted by atomic mass is 16.7. The third-order valence-electron chi connectivity index (χ3n) is 5.22. The number of hydrogen-bond donors (Lipinski definition) is 3. The molecule has 1 fully saturated rings. The summed E-state index contributed by atoms with van der Waals surface area (Å²) in [7, 11) is 2.72. The van der Waals surface area contributed by atoms with Crippen LogP contribution in [0.2, 0.25) is 0 Å². The van der Waals surface area contributed by atoms with Gasteiger partial charge in [0, 0.05) is 13.2 Å². The number of aryl methyl sites for hydroxylation is 1. The van der Waals surface area contributed by atoms with Gasteiger partial charge < -0.3 is 39.0 Å². The van der Waals surface area contributed by atoms with Crippen LogP contribution in [-0.2, 0) is 20.8 Å². The lowest BCUT2D eigenvalue weighted by atomic mass is 9.99. The second-order valence-corrected chi connectivity index (χ2v) is 7.44. The van der Waals surface area contributed by atoms with Gasteiger partial charge in [-0.15, -0.1) is 0 Å². The first kappa shape index (κ1) is 24.0. The molecule has 174 valence electrons. The van der Waals surface area contributed by atoms with E-state index in [-0.39, 0.29) is 17.9 Å². The Morgan fingerprint density at radius 3 is 2.41 bits per heavy atom. The summed E-state index contributed by atoms with van der Waals surface area (Å²) in [5.41, 5.74) is 1.78. The molecule has 3 N–H and O–H groups in total. The number of aliphatic hydroxyl groups excluding tert-OH is 3. The molecular formula is C23H28O9. The van der Waals surface area contributed by atoms with Gasteiger partial charge in [0.1, 0.15) is 54.7 Å². The van der Waals surface area contributed by atoms with Crippen LogP contribution in [0, 0.1) is 6.92 Å². The minimum absolute atomic E-state index is 0.203. The fourth-order valence-corrected chi connectivity index (χ4v) is 3.45. The molecule has 0 aromatic heterocycles. The molecule has 0 radical (unpaired) electrons. The normalized spacial score (nSPS) is 25.2. The van der Waals surface area contributed by atoms with Crippen LogP contribution in [-0.4, -0.2) is 72.8 Å². The third kappa shape index (κ3) is 5.37. The molecule has 0 aliphatic carbocycles. The van der Waals surface area contributed by atoms with Gasteiger partial charge in [-0.1, -0.05) is 30.3 Å². The average Bonchev–Trinajstić information content (AvgIpc) is 2.80. The van der Waals surface area contributed by atoms with Crippen molar-refractivity contribution in [3.63, 3.8) is 0 Å². The lowest BCUT2D eigenvalue weighted by Gasteiger charge is -2.39. The van der Waals surface area contributed by atoms with Gasteiger partial charge in [0.05, 0.1) is 7.11 Å². The van der Waals surface area contributed by atoms with Crippen LogP contribution in [0.1, 0.15) is 21.5 Å². The lowest BCUT2D eigenvalue weighted by molar-refractivity contribution is -0.294. The molecule has 32 heavy (non-hydrogen) atoms. The molecule has 0 bridgehead atoms. The molecule has 0 unspecified atom stereocenters. The average molecular weight is 448 g/mol. The number of esters is 1. The fraction of sp³-hybridized carbons (Fsp3) is 0.435. The van der Waals surface area contributed by atoms with Crippen molar-refractivity contribution in [1.29, 1.82) is 0 Å². The summed E-state index contributed by atoms with van der Waals surface area (Å²) in [6.07, 6.45) is -6.63. The molecule has 2 aromatic carbocycles. The highest BCUT2D eigenvalue weighted by Crippen LogP contribution is 2.30. The van der Waals surface area contributed by atoms with Crippen LogP contribution in [0.4, 0.5) is 0 Å². The maximum absolute atomic E-state index is 12.8. The number of benzene rings is 2. The summed E-state index contributed by atoms with van der Waals surface area (Å²) in [5.74, 6) is 0.110. The molecule has 1 aliphatic heterocycles. The highest BCUT2D eigenvalue weighted by molar-refractivity contribution is 5.94. The van der Waals surface area contributed by atoms with Crippen LogP contribution >= 0.6 is 0 Å². The quantitative estimate of drug-likeness (QED) is 0.511. The van der Waals surface area contributed by atoms with Gasteiger partial charge in [0.25, 0.3) is 0 Å². The Kier molecular flexibility index (Phi) is 8.05. The molecule has 9 heteroatoms. The smallest absolute Gasteiger partial charge is 0.342 e. The second kappa shape index (κ2) is 10.8. The van der Waals surface area contributed by atoms with Gasteiger partial charge in [-0.2, -0.15) is 0 Å². The highest BCUT2D eigenvalue weighted by Gasteiger charge is 2.44. The van der Waals surface area contributed by atoms with E-state index in [2.05, 4.69) is 0 Å². The van der Waals surface area contributed by atoms with Crippen LogP contribution in [0.15, 0.2) is 42.5 Å². The fourth-order valence-electron chi connectivity index (χ4n) is 3.45. The third-order valence-corrected chi connectivity index (χ3v) is 5.22. The zero-order valence-electron chi connectivity index (χ0n) is 18.1. The molecule has 3 rings (SSSR count). The minimum Gasteiger partial charge on any atom is -0.496 e. The first-order valence-corrected chi connectivity index (χ1v) is 10.1. The first-order valence-electron chi connectivity index (χ1n) is 10.1. The van der Waals surface area contributed by atoms with E-state index in [9.17, 15) is 20.1 Å². The summed E-state index contributed by atoms with van der Waals surface area (Å²) in [6.45, 7) is 1.72. The van der Waals surface area contributed by atoms with Crippen molar-refractivity contribution in [2.24, 2.45) is 0 Å². The number of rotatable bonds is 8. The summed E-state index contributed by atoms with van der Waals surface area (Å²) >= 11 is 0. The predicted octanol–water partition coefficient (Wildman–Crippen LogP) is 1.19. The summed E-state index contributed by atoms with van der Waals surface area (Å²) in [4.78, 5) is 12.8. The monoisotopic (exact) mass is 448 g/mol. The molecule has 1 heterocycles. The standard InChI is InChI=1S/C23H28O9/c1-13-9-15(30-11-14-7-5-4-6-8-14)10-16(28-2)18(13)22(27)31-12-17-19(24)20(25)21(26)23(29-3)32-17/h4-10,17,19-21,23-26H,11-12H2,1-3H3/t17-,19-,20+,21-,23-/m1/s1. The molecule has 0 spiro atoms. The van der Waals surface area contributed by atoms with Crippen molar-refractivity contribution < 1.29 is 43.8 Å². The Labute approximate surface area is 186 Å². The van der Waals surface area contributed by atoms with Crippen LogP contribution < -0.4 is 9.47 Å². The van der Waals surface area contributed by atoms with E-state index >= 15 is 0 Å². The Morgan fingerprint density at radius 2 is 1.75 bits per heavy atom. The van der Waals surface area contributed by atoms with E-state index in [1.807, 2.05) is 30.3 Å².